The molecule has 0 atom stereocenters. The number of halogens is 1. The number of nitrogens with zero attached hydrogens (tertiary/aromatic N) is 2. The Morgan fingerprint density at radius 2 is 1.94 bits per heavy atom. The molecule has 0 unspecified atom stereocenters. The zero-order valence-electron chi connectivity index (χ0n) is 9.06. The monoisotopic (exact) mass is 298 g/mol. The van der Waals surface area contributed by atoms with Gasteiger partial charge in [0.15, 0.2) is 0 Å². The van der Waals surface area contributed by atoms with Crippen LogP contribution < -0.4 is 4.90 Å². The van der Waals surface area contributed by atoms with E-state index >= 15 is 0 Å². The van der Waals surface area contributed by atoms with Crippen LogP contribution in [-0.2, 0) is 4.79 Å². The third-order valence-electron chi connectivity index (χ3n) is 2.80. The molecule has 0 amide bonds. The molecule has 0 radical (unpaired) electrons. The fourth-order valence-electron chi connectivity index (χ4n) is 1.90. The molecule has 1 aliphatic heterocycles. The van der Waals surface area contributed by atoms with E-state index in [0.29, 0.717) is 31.6 Å². The molecule has 0 aliphatic carbocycles. The highest BCUT2D eigenvalue weighted by Gasteiger charge is 2.23. The van der Waals surface area contributed by atoms with Crippen molar-refractivity contribution in [1.82, 2.24) is 0 Å². The first-order chi connectivity index (χ1) is 8.08. The first-order valence-corrected chi connectivity index (χ1v) is 6.08. The zero-order chi connectivity index (χ0) is 12.4. The van der Waals surface area contributed by atoms with Crippen LogP contribution in [0.15, 0.2) is 22.7 Å². The first-order valence-electron chi connectivity index (χ1n) is 5.28. The molecule has 0 bridgehead atoms. The van der Waals surface area contributed by atoms with E-state index in [2.05, 4.69) is 15.9 Å². The van der Waals surface area contributed by atoms with Gasteiger partial charge in [-0.25, -0.2) is 0 Å². The predicted molar refractivity (Wildman–Crippen MR) is 67.3 cm³/mol. The highest BCUT2D eigenvalue weighted by molar-refractivity contribution is 9.10. The van der Waals surface area contributed by atoms with E-state index in [4.69, 9.17) is 0 Å². The van der Waals surface area contributed by atoms with Gasteiger partial charge in [-0.1, -0.05) is 15.9 Å². The van der Waals surface area contributed by atoms with Crippen LogP contribution in [0, 0.1) is 10.1 Å². The number of anilines is 1. The molecule has 0 aromatic heterocycles. The lowest BCUT2D eigenvalue weighted by Crippen LogP contribution is -2.34. The minimum Gasteiger partial charge on any atom is -0.365 e. The molecule has 17 heavy (non-hydrogen) atoms. The van der Waals surface area contributed by atoms with Crippen LogP contribution in [0.3, 0.4) is 0 Å². The van der Waals surface area contributed by atoms with Gasteiger partial charge in [0, 0.05) is 36.5 Å². The maximum Gasteiger partial charge on any atom is 0.292 e. The van der Waals surface area contributed by atoms with Gasteiger partial charge in [0.05, 0.1) is 4.92 Å². The molecule has 5 nitrogen and oxygen atoms in total. The lowest BCUT2D eigenvalue weighted by Gasteiger charge is -2.27. The summed E-state index contributed by atoms with van der Waals surface area (Å²) in [5.41, 5.74) is 0.666. The van der Waals surface area contributed by atoms with Crippen molar-refractivity contribution in [3.8, 4) is 0 Å². The zero-order valence-corrected chi connectivity index (χ0v) is 10.6. The Morgan fingerprint density at radius 3 is 2.53 bits per heavy atom. The Balaban J connectivity index is 2.33. The summed E-state index contributed by atoms with van der Waals surface area (Å²) >= 11 is 3.31. The third kappa shape index (κ3) is 2.63. The van der Waals surface area contributed by atoms with Crippen molar-refractivity contribution in [2.24, 2.45) is 0 Å². The number of nitro groups is 1. The van der Waals surface area contributed by atoms with Crippen molar-refractivity contribution in [2.75, 3.05) is 18.0 Å². The molecule has 90 valence electrons. The van der Waals surface area contributed by atoms with Crippen molar-refractivity contribution in [3.05, 3.63) is 32.8 Å². The maximum absolute atomic E-state index is 11.2. The van der Waals surface area contributed by atoms with Crippen molar-refractivity contribution >= 4 is 33.1 Å². The summed E-state index contributed by atoms with van der Waals surface area (Å²) in [4.78, 5) is 23.6. The van der Waals surface area contributed by atoms with Crippen molar-refractivity contribution in [3.63, 3.8) is 0 Å². The minimum absolute atomic E-state index is 0.0857. The standard InChI is InChI=1S/C11H11BrN2O3/c12-8-1-2-10(14(16)17)11(7-8)13-5-3-9(15)4-6-13/h1-2,7H,3-6H2. The number of hydrogen-bond acceptors (Lipinski definition) is 4. The highest BCUT2D eigenvalue weighted by atomic mass is 79.9. The molecule has 1 aromatic carbocycles. The normalized spacial score (nSPS) is 16.1. The second-order valence-corrected chi connectivity index (χ2v) is 4.83. The van der Waals surface area contributed by atoms with Crippen molar-refractivity contribution in [1.29, 1.82) is 0 Å². The average Bonchev–Trinajstić information content (AvgIpc) is 2.29. The number of Topliss-reactive ketones (excluding diaryl/α,β-unsaturated/α-hetero) is 1. The summed E-state index contributed by atoms with van der Waals surface area (Å²) in [5, 5.41) is 10.9. The summed E-state index contributed by atoms with van der Waals surface area (Å²) in [6.07, 6.45) is 0.924. The Kier molecular flexibility index (Phi) is 3.42. The molecule has 0 saturated carbocycles. The van der Waals surface area contributed by atoms with Gasteiger partial charge in [-0.05, 0) is 12.1 Å². The topological polar surface area (TPSA) is 63.5 Å². The van der Waals surface area contributed by atoms with Crippen LogP contribution >= 0.6 is 15.9 Å². The number of ketones is 1. The number of benzene rings is 1. The summed E-state index contributed by atoms with van der Waals surface area (Å²) in [6.45, 7) is 1.10. The molecular weight excluding hydrogens is 288 g/mol. The third-order valence-corrected chi connectivity index (χ3v) is 3.29. The molecule has 1 heterocycles. The number of carbonyl (C=O) groups is 1. The molecule has 6 heteroatoms. The molecule has 1 fully saturated rings. The summed E-state index contributed by atoms with van der Waals surface area (Å²) in [5.74, 6) is 0.221. The number of hydrogen-bond donors (Lipinski definition) is 0. The molecule has 0 spiro atoms. The van der Waals surface area contributed by atoms with E-state index in [-0.39, 0.29) is 11.5 Å². The Morgan fingerprint density at radius 1 is 1.29 bits per heavy atom. The van der Waals surface area contributed by atoms with E-state index in [1.165, 1.54) is 6.07 Å². The van der Waals surface area contributed by atoms with Gasteiger partial charge < -0.3 is 4.90 Å². The Hall–Kier alpha value is -1.43. The fourth-order valence-corrected chi connectivity index (χ4v) is 2.25. The number of piperidine rings is 1. The van der Waals surface area contributed by atoms with E-state index in [1.807, 2.05) is 4.90 Å². The maximum atomic E-state index is 11.2. The SMILES string of the molecule is O=C1CCN(c2cc(Br)ccc2[N+](=O)[O-])CC1. The van der Waals surface area contributed by atoms with Crippen molar-refractivity contribution < 1.29 is 9.72 Å². The second kappa shape index (κ2) is 4.83. The smallest absolute Gasteiger partial charge is 0.292 e. The number of rotatable bonds is 2. The van der Waals surface area contributed by atoms with Gasteiger partial charge in [-0.3, -0.25) is 14.9 Å². The number of carbonyl (C=O) groups excluding carboxylic acids is 1. The first kappa shape index (κ1) is 12.0. The summed E-state index contributed by atoms with van der Waals surface area (Å²) < 4.78 is 0.801. The minimum atomic E-state index is -0.391. The quantitative estimate of drug-likeness (QED) is 0.622. The lowest BCUT2D eigenvalue weighted by molar-refractivity contribution is -0.384. The average molecular weight is 299 g/mol. The van der Waals surface area contributed by atoms with E-state index in [1.54, 1.807) is 12.1 Å². The predicted octanol–water partition coefficient (Wildman–Crippen LogP) is 2.53. The molecular formula is C11H11BrN2O3. The summed E-state index contributed by atoms with van der Waals surface area (Å²) in [6, 6.07) is 4.86. The van der Waals surface area contributed by atoms with Gasteiger partial charge in [0.25, 0.3) is 5.69 Å². The molecule has 1 saturated heterocycles. The lowest BCUT2D eigenvalue weighted by atomic mass is 10.1. The molecule has 2 rings (SSSR count). The van der Waals surface area contributed by atoms with Crippen LogP contribution in [0.1, 0.15) is 12.8 Å². The van der Waals surface area contributed by atoms with Crippen LogP contribution in [0.5, 0.6) is 0 Å². The Bertz CT molecular complexity index is 466. The van der Waals surface area contributed by atoms with Gasteiger partial charge in [0.2, 0.25) is 0 Å². The Labute approximate surface area is 107 Å². The molecule has 0 N–H and O–H groups in total. The number of nitro benzene ring substituents is 1. The molecule has 1 aliphatic rings. The van der Waals surface area contributed by atoms with E-state index in [0.717, 1.165) is 4.47 Å². The van der Waals surface area contributed by atoms with Crippen LogP contribution in [0.4, 0.5) is 11.4 Å². The second-order valence-electron chi connectivity index (χ2n) is 3.92. The largest absolute Gasteiger partial charge is 0.365 e. The van der Waals surface area contributed by atoms with Crippen LogP contribution in [0.2, 0.25) is 0 Å². The summed E-state index contributed by atoms with van der Waals surface area (Å²) in [7, 11) is 0. The van der Waals surface area contributed by atoms with E-state index in [9.17, 15) is 14.9 Å². The van der Waals surface area contributed by atoms with Gasteiger partial charge in [0.1, 0.15) is 11.5 Å². The van der Waals surface area contributed by atoms with Crippen LogP contribution in [0.25, 0.3) is 0 Å². The van der Waals surface area contributed by atoms with E-state index < -0.39 is 4.92 Å². The van der Waals surface area contributed by atoms with Gasteiger partial charge in [-0.2, -0.15) is 0 Å². The van der Waals surface area contributed by atoms with Crippen LogP contribution in [-0.4, -0.2) is 23.8 Å². The van der Waals surface area contributed by atoms with Crippen molar-refractivity contribution in [2.45, 2.75) is 12.8 Å². The molecule has 1 aromatic rings. The van der Waals surface area contributed by atoms with Gasteiger partial charge >= 0.3 is 0 Å². The fraction of sp³-hybridized carbons (Fsp3) is 0.364. The highest BCUT2D eigenvalue weighted by Crippen LogP contribution is 2.32. The van der Waals surface area contributed by atoms with Gasteiger partial charge in [-0.15, -0.1) is 0 Å².